The smallest absolute Gasteiger partial charge is 0.416 e. The lowest BCUT2D eigenvalue weighted by Crippen LogP contribution is -2.49. The first-order valence-electron chi connectivity index (χ1n) is 9.99. The molecule has 0 aromatic heterocycles. The van der Waals surface area contributed by atoms with Gasteiger partial charge in [0.15, 0.2) is 5.96 Å². The zero-order chi connectivity index (χ0) is 22.1. The molecule has 0 radical (unpaired) electrons. The number of carbonyl (C=O) groups is 1. The third-order valence-electron chi connectivity index (χ3n) is 4.74. The number of hydrogen-bond donors (Lipinski definition) is 2. The van der Waals surface area contributed by atoms with Gasteiger partial charge >= 0.3 is 12.3 Å². The highest BCUT2D eigenvalue weighted by Crippen LogP contribution is 2.34. The van der Waals surface area contributed by atoms with Crippen LogP contribution in [0.3, 0.4) is 0 Å². The minimum absolute atomic E-state index is 0. The monoisotopic (exact) mass is 558 g/mol. The summed E-state index contributed by atoms with van der Waals surface area (Å²) in [5, 5.41) is 6.32. The maximum atomic E-state index is 13.4. The SMILES string of the molecule is CCNC(=NCc1ccc(OC)cc1C(F)(F)F)NC1CCN(C(=O)OCC)CC1.I. The molecule has 2 N–H and O–H groups in total. The number of likely N-dealkylation sites (tertiary alicyclic amines) is 1. The van der Waals surface area contributed by atoms with Crippen LogP contribution in [0.2, 0.25) is 0 Å². The minimum Gasteiger partial charge on any atom is -0.497 e. The summed E-state index contributed by atoms with van der Waals surface area (Å²) in [4.78, 5) is 17.8. The Morgan fingerprint density at radius 2 is 1.94 bits per heavy atom. The molecule has 1 amide bonds. The van der Waals surface area contributed by atoms with Gasteiger partial charge in [-0.2, -0.15) is 13.2 Å². The summed E-state index contributed by atoms with van der Waals surface area (Å²) in [7, 11) is 1.33. The van der Waals surface area contributed by atoms with Gasteiger partial charge in [0.25, 0.3) is 0 Å². The number of rotatable bonds is 6. The predicted octanol–water partition coefficient (Wildman–Crippen LogP) is 4.01. The molecule has 2 rings (SSSR count). The van der Waals surface area contributed by atoms with Crippen molar-refractivity contribution in [3.63, 3.8) is 0 Å². The van der Waals surface area contributed by atoms with Crippen molar-refractivity contribution < 1.29 is 27.4 Å². The van der Waals surface area contributed by atoms with Crippen LogP contribution in [0, 0.1) is 0 Å². The number of methoxy groups -OCH3 is 1. The largest absolute Gasteiger partial charge is 0.497 e. The fraction of sp³-hybridized carbons (Fsp3) is 0.600. The van der Waals surface area contributed by atoms with E-state index in [1.54, 1.807) is 11.8 Å². The first-order valence-corrected chi connectivity index (χ1v) is 9.99. The fourth-order valence-electron chi connectivity index (χ4n) is 3.18. The van der Waals surface area contributed by atoms with Crippen molar-refractivity contribution in [2.24, 2.45) is 4.99 Å². The first-order chi connectivity index (χ1) is 14.3. The van der Waals surface area contributed by atoms with Crippen molar-refractivity contribution in [2.45, 2.75) is 45.5 Å². The molecule has 0 bridgehead atoms. The zero-order valence-corrected chi connectivity index (χ0v) is 20.3. The van der Waals surface area contributed by atoms with E-state index in [9.17, 15) is 18.0 Å². The van der Waals surface area contributed by atoms with E-state index in [2.05, 4.69) is 15.6 Å². The number of piperidine rings is 1. The number of aliphatic imine (C=N–C) groups is 1. The second-order valence-electron chi connectivity index (χ2n) is 6.82. The number of nitrogens with one attached hydrogen (secondary N) is 2. The molecule has 176 valence electrons. The van der Waals surface area contributed by atoms with Crippen LogP contribution in [0.1, 0.15) is 37.8 Å². The van der Waals surface area contributed by atoms with Gasteiger partial charge in [-0.1, -0.05) is 6.07 Å². The molecule has 0 atom stereocenters. The molecule has 1 heterocycles. The van der Waals surface area contributed by atoms with Gasteiger partial charge in [-0.05, 0) is 44.4 Å². The van der Waals surface area contributed by atoms with Crippen LogP contribution in [-0.2, 0) is 17.5 Å². The van der Waals surface area contributed by atoms with Crippen LogP contribution in [0.4, 0.5) is 18.0 Å². The molecule has 1 aromatic carbocycles. The van der Waals surface area contributed by atoms with Gasteiger partial charge in [-0.3, -0.25) is 0 Å². The molecule has 11 heteroatoms. The molecule has 1 aliphatic rings. The molecular formula is C20H30F3IN4O3. The predicted molar refractivity (Wildman–Crippen MR) is 123 cm³/mol. The van der Waals surface area contributed by atoms with E-state index in [0.717, 1.165) is 6.07 Å². The van der Waals surface area contributed by atoms with Crippen LogP contribution in [-0.4, -0.2) is 56.3 Å². The number of halogens is 4. The maximum absolute atomic E-state index is 13.4. The lowest BCUT2D eigenvalue weighted by atomic mass is 10.1. The Balaban J connectivity index is 0.00000480. The zero-order valence-electron chi connectivity index (χ0n) is 17.9. The molecule has 7 nitrogen and oxygen atoms in total. The number of guanidine groups is 1. The summed E-state index contributed by atoms with van der Waals surface area (Å²) in [5.41, 5.74) is -0.693. The standard InChI is InChI=1S/C20H29F3N4O3.HI/c1-4-24-18(26-15-8-10-27(11-9-15)19(28)30-5-2)25-13-14-6-7-16(29-3)12-17(14)20(21,22)23;/h6-7,12,15H,4-5,8-11,13H2,1-3H3,(H2,24,25,26);1H. The highest BCUT2D eigenvalue weighted by molar-refractivity contribution is 14.0. The van der Waals surface area contributed by atoms with E-state index >= 15 is 0 Å². The lowest BCUT2D eigenvalue weighted by molar-refractivity contribution is -0.138. The molecule has 1 saturated heterocycles. The van der Waals surface area contributed by atoms with Gasteiger partial charge in [-0.25, -0.2) is 9.79 Å². The van der Waals surface area contributed by atoms with Gasteiger partial charge in [0.1, 0.15) is 5.75 Å². The van der Waals surface area contributed by atoms with Gasteiger partial charge in [0.05, 0.1) is 25.8 Å². The summed E-state index contributed by atoms with van der Waals surface area (Å²) in [6.07, 6.45) is -3.43. The number of hydrogen-bond acceptors (Lipinski definition) is 4. The maximum Gasteiger partial charge on any atom is 0.416 e. The van der Waals surface area contributed by atoms with E-state index < -0.39 is 11.7 Å². The molecule has 0 saturated carbocycles. The second-order valence-corrected chi connectivity index (χ2v) is 6.82. The molecule has 1 aliphatic heterocycles. The number of nitrogens with zero attached hydrogens (tertiary/aromatic N) is 2. The molecule has 1 fully saturated rings. The van der Waals surface area contributed by atoms with Crippen LogP contribution >= 0.6 is 24.0 Å². The number of benzene rings is 1. The van der Waals surface area contributed by atoms with Gasteiger partial charge in [0.2, 0.25) is 0 Å². The minimum atomic E-state index is -4.49. The van der Waals surface area contributed by atoms with Crippen LogP contribution in [0.25, 0.3) is 0 Å². The van der Waals surface area contributed by atoms with E-state index in [-0.39, 0.29) is 54.0 Å². The number of amides is 1. The van der Waals surface area contributed by atoms with E-state index in [1.165, 1.54) is 19.2 Å². The molecule has 1 aromatic rings. The average Bonchev–Trinajstić information content (AvgIpc) is 2.72. The normalized spacial score (nSPS) is 15.2. The highest BCUT2D eigenvalue weighted by atomic mass is 127. The summed E-state index contributed by atoms with van der Waals surface area (Å²) in [6, 6.07) is 3.92. The van der Waals surface area contributed by atoms with Crippen molar-refractivity contribution in [3.05, 3.63) is 29.3 Å². The third-order valence-corrected chi connectivity index (χ3v) is 4.74. The molecule has 0 spiro atoms. The number of carbonyl (C=O) groups excluding carboxylic acids is 1. The van der Waals surface area contributed by atoms with Crippen molar-refractivity contribution in [1.82, 2.24) is 15.5 Å². The Morgan fingerprint density at radius 1 is 1.26 bits per heavy atom. The van der Waals surface area contributed by atoms with E-state index in [1.807, 2.05) is 6.92 Å². The third kappa shape index (κ3) is 8.26. The number of alkyl halides is 3. The average molecular weight is 558 g/mol. The Labute approximate surface area is 197 Å². The van der Waals surface area contributed by atoms with Crippen molar-refractivity contribution >= 4 is 36.0 Å². The van der Waals surface area contributed by atoms with E-state index in [0.29, 0.717) is 45.0 Å². The molecule has 31 heavy (non-hydrogen) atoms. The van der Waals surface area contributed by atoms with E-state index in [4.69, 9.17) is 9.47 Å². The van der Waals surface area contributed by atoms with Crippen LogP contribution < -0.4 is 15.4 Å². The Bertz CT molecular complexity index is 739. The van der Waals surface area contributed by atoms with Crippen molar-refractivity contribution in [1.29, 1.82) is 0 Å². The Hall–Kier alpha value is -1.92. The molecule has 0 unspecified atom stereocenters. The fourth-order valence-corrected chi connectivity index (χ4v) is 3.18. The van der Waals surface area contributed by atoms with Crippen LogP contribution in [0.5, 0.6) is 5.75 Å². The summed E-state index contributed by atoms with van der Waals surface area (Å²) >= 11 is 0. The van der Waals surface area contributed by atoms with Crippen molar-refractivity contribution in [3.8, 4) is 5.75 Å². The van der Waals surface area contributed by atoms with Gasteiger partial charge in [0, 0.05) is 25.7 Å². The summed E-state index contributed by atoms with van der Waals surface area (Å²) in [6.45, 7) is 5.52. The Kier molecular flexibility index (Phi) is 11.2. The topological polar surface area (TPSA) is 75.2 Å². The van der Waals surface area contributed by atoms with Crippen molar-refractivity contribution in [2.75, 3.05) is 33.4 Å². The lowest BCUT2D eigenvalue weighted by Gasteiger charge is -2.32. The van der Waals surface area contributed by atoms with Gasteiger partial charge in [-0.15, -0.1) is 24.0 Å². The Morgan fingerprint density at radius 3 is 2.48 bits per heavy atom. The summed E-state index contributed by atoms with van der Waals surface area (Å²) in [5.74, 6) is 0.587. The highest BCUT2D eigenvalue weighted by Gasteiger charge is 2.33. The molecular weight excluding hydrogens is 528 g/mol. The summed E-state index contributed by atoms with van der Waals surface area (Å²) < 4.78 is 50.1. The number of ether oxygens (including phenoxy) is 2. The quantitative estimate of drug-likeness (QED) is 0.314. The van der Waals surface area contributed by atoms with Crippen LogP contribution in [0.15, 0.2) is 23.2 Å². The van der Waals surface area contributed by atoms with Gasteiger partial charge < -0.3 is 25.0 Å². The molecule has 0 aliphatic carbocycles. The second kappa shape index (κ2) is 12.8. The first kappa shape index (κ1) is 27.1.